The van der Waals surface area contributed by atoms with Crippen LogP contribution in [0.15, 0.2) is 55.0 Å². The zero-order chi connectivity index (χ0) is 24.9. The summed E-state index contributed by atoms with van der Waals surface area (Å²) in [5, 5.41) is 5.66. The van der Waals surface area contributed by atoms with Crippen LogP contribution in [-0.2, 0) is 11.0 Å². The molecule has 3 aromatic rings. The van der Waals surface area contributed by atoms with Crippen LogP contribution in [0, 0.1) is 12.7 Å². The molecule has 0 fully saturated rings. The molecular formula is C25H34FN5O2Si. The average molecular weight is 484 g/mol. The van der Waals surface area contributed by atoms with Crippen LogP contribution in [-0.4, -0.2) is 35.5 Å². The van der Waals surface area contributed by atoms with Crippen molar-refractivity contribution in [2.45, 2.75) is 58.4 Å². The third-order valence-electron chi connectivity index (χ3n) is 6.38. The van der Waals surface area contributed by atoms with Gasteiger partial charge in [-0.1, -0.05) is 32.9 Å². The number of rotatable bonds is 8. The van der Waals surface area contributed by atoms with E-state index in [-0.39, 0.29) is 23.7 Å². The van der Waals surface area contributed by atoms with E-state index in [9.17, 15) is 9.18 Å². The number of benzene rings is 1. The van der Waals surface area contributed by atoms with Crippen molar-refractivity contribution in [1.82, 2.24) is 19.9 Å². The van der Waals surface area contributed by atoms with Gasteiger partial charge >= 0.3 is 6.03 Å². The number of amides is 2. The first-order chi connectivity index (χ1) is 16.0. The first kappa shape index (κ1) is 25.6. The molecule has 1 atom stereocenters. The summed E-state index contributed by atoms with van der Waals surface area (Å²) in [5.74, 6) is 0.506. The van der Waals surface area contributed by atoms with Gasteiger partial charge in [0.25, 0.3) is 0 Å². The number of carbonyl (C=O) groups is 1. The van der Waals surface area contributed by atoms with Crippen LogP contribution in [0.4, 0.5) is 14.9 Å². The van der Waals surface area contributed by atoms with Gasteiger partial charge in [0.05, 0.1) is 31.1 Å². The number of hydrogen-bond acceptors (Lipinski definition) is 4. The van der Waals surface area contributed by atoms with Crippen molar-refractivity contribution in [3.05, 3.63) is 77.9 Å². The van der Waals surface area contributed by atoms with Crippen molar-refractivity contribution in [2.24, 2.45) is 0 Å². The van der Waals surface area contributed by atoms with Crippen molar-refractivity contribution in [3.63, 3.8) is 0 Å². The normalized spacial score (nSPS) is 12.9. The van der Waals surface area contributed by atoms with E-state index in [2.05, 4.69) is 59.0 Å². The average Bonchev–Trinajstić information content (AvgIpc) is 3.19. The second-order valence-electron chi connectivity index (χ2n) is 9.87. The molecule has 0 bridgehead atoms. The highest BCUT2D eigenvalue weighted by Gasteiger charge is 2.38. The molecule has 0 spiro atoms. The summed E-state index contributed by atoms with van der Waals surface area (Å²) in [4.78, 5) is 20.6. The zero-order valence-electron chi connectivity index (χ0n) is 20.7. The number of halogens is 1. The lowest BCUT2D eigenvalue weighted by molar-refractivity contribution is 0.246. The monoisotopic (exact) mass is 483 g/mol. The number of urea groups is 1. The van der Waals surface area contributed by atoms with E-state index in [4.69, 9.17) is 4.43 Å². The van der Waals surface area contributed by atoms with Gasteiger partial charge < -0.3 is 19.6 Å². The minimum absolute atomic E-state index is 0.0240. The fourth-order valence-corrected chi connectivity index (χ4v) is 4.21. The first-order valence-electron chi connectivity index (χ1n) is 11.3. The van der Waals surface area contributed by atoms with E-state index < -0.39 is 14.1 Å². The van der Waals surface area contributed by atoms with Gasteiger partial charge in [-0.3, -0.25) is 4.98 Å². The van der Waals surface area contributed by atoms with Crippen LogP contribution in [0.1, 0.15) is 43.9 Å². The number of nitrogens with one attached hydrogen (secondary N) is 2. The maximum Gasteiger partial charge on any atom is 0.319 e. The summed E-state index contributed by atoms with van der Waals surface area (Å²) in [5.41, 5.74) is 2.31. The number of imidazole rings is 1. The van der Waals surface area contributed by atoms with Crippen LogP contribution < -0.4 is 10.6 Å². The number of carbonyl (C=O) groups excluding carboxylic acids is 1. The van der Waals surface area contributed by atoms with Gasteiger partial charge in [0.2, 0.25) is 0 Å². The molecule has 34 heavy (non-hydrogen) atoms. The second-order valence-corrected chi connectivity index (χ2v) is 14.7. The van der Waals surface area contributed by atoms with E-state index in [1.54, 1.807) is 6.20 Å². The Morgan fingerprint density at radius 3 is 2.41 bits per heavy atom. The third-order valence-corrected chi connectivity index (χ3v) is 10.9. The Kier molecular flexibility index (Phi) is 7.88. The SMILES string of the molecule is Cc1nccn1[C@@H](CO[Si](C)(C)C(C)(C)C)c1ccc(NC(=O)NCc2ccc(F)cn2)cc1. The summed E-state index contributed by atoms with van der Waals surface area (Å²) in [6.07, 6.45) is 4.89. The number of anilines is 1. The Bertz CT molecular complexity index is 1090. The molecule has 0 radical (unpaired) electrons. The summed E-state index contributed by atoms with van der Waals surface area (Å²) in [6, 6.07) is 10.2. The van der Waals surface area contributed by atoms with Gasteiger partial charge in [0.15, 0.2) is 8.32 Å². The maximum absolute atomic E-state index is 13.0. The van der Waals surface area contributed by atoms with Crippen LogP contribution in [0.3, 0.4) is 0 Å². The van der Waals surface area contributed by atoms with Gasteiger partial charge in [0.1, 0.15) is 11.6 Å². The molecule has 0 unspecified atom stereocenters. The lowest BCUT2D eigenvalue weighted by atomic mass is 10.1. The second kappa shape index (κ2) is 10.5. The molecule has 7 nitrogen and oxygen atoms in total. The van der Waals surface area contributed by atoms with Crippen molar-refractivity contribution in [2.75, 3.05) is 11.9 Å². The van der Waals surface area contributed by atoms with E-state index in [0.29, 0.717) is 18.0 Å². The third kappa shape index (κ3) is 6.51. The Hall–Kier alpha value is -3.04. The van der Waals surface area contributed by atoms with E-state index in [1.807, 2.05) is 37.4 Å². The summed E-state index contributed by atoms with van der Waals surface area (Å²) in [6.45, 7) is 13.9. The molecule has 0 aliphatic rings. The standard InChI is InChI=1S/C25H34FN5O2Si/c1-18-27-13-14-31(18)23(17-33-34(5,6)25(2,3)4)19-7-10-21(11-8-19)30-24(32)29-16-22-12-9-20(26)15-28-22/h7-15,23H,16-17H2,1-6H3,(H2,29,30,32)/t23-/m0/s1. The van der Waals surface area contributed by atoms with Crippen LogP contribution in [0.2, 0.25) is 18.1 Å². The highest BCUT2D eigenvalue weighted by atomic mass is 28.4. The fourth-order valence-electron chi connectivity index (χ4n) is 3.20. The van der Waals surface area contributed by atoms with E-state index >= 15 is 0 Å². The predicted octanol–water partition coefficient (Wildman–Crippen LogP) is 5.66. The van der Waals surface area contributed by atoms with Gasteiger partial charge in [-0.25, -0.2) is 14.2 Å². The summed E-state index contributed by atoms with van der Waals surface area (Å²) in [7, 11) is -1.93. The first-order valence-corrected chi connectivity index (χ1v) is 14.3. The van der Waals surface area contributed by atoms with Crippen LogP contribution in [0.5, 0.6) is 0 Å². The summed E-state index contributed by atoms with van der Waals surface area (Å²) >= 11 is 0. The molecule has 0 saturated heterocycles. The van der Waals surface area contributed by atoms with E-state index in [0.717, 1.165) is 17.6 Å². The minimum atomic E-state index is -1.93. The van der Waals surface area contributed by atoms with Crippen LogP contribution in [0.25, 0.3) is 0 Å². The van der Waals surface area contributed by atoms with Gasteiger partial charge in [-0.2, -0.15) is 0 Å². The number of hydrogen-bond donors (Lipinski definition) is 2. The molecule has 2 N–H and O–H groups in total. The predicted molar refractivity (Wildman–Crippen MR) is 135 cm³/mol. The largest absolute Gasteiger partial charge is 0.414 e. The fraction of sp³-hybridized carbons (Fsp3) is 0.400. The maximum atomic E-state index is 13.0. The molecule has 1 aromatic carbocycles. The topological polar surface area (TPSA) is 81.1 Å². The van der Waals surface area contributed by atoms with Crippen molar-refractivity contribution < 1.29 is 13.6 Å². The smallest absolute Gasteiger partial charge is 0.319 e. The van der Waals surface area contributed by atoms with Crippen LogP contribution >= 0.6 is 0 Å². The van der Waals surface area contributed by atoms with Crippen molar-refractivity contribution in [1.29, 1.82) is 0 Å². The number of pyridine rings is 1. The Morgan fingerprint density at radius 1 is 1.15 bits per heavy atom. The number of aromatic nitrogens is 3. The highest BCUT2D eigenvalue weighted by molar-refractivity contribution is 6.74. The lowest BCUT2D eigenvalue weighted by Gasteiger charge is -2.37. The Morgan fingerprint density at radius 2 is 1.85 bits per heavy atom. The minimum Gasteiger partial charge on any atom is -0.414 e. The molecule has 0 saturated carbocycles. The van der Waals surface area contributed by atoms with Crippen molar-refractivity contribution in [3.8, 4) is 0 Å². The highest BCUT2D eigenvalue weighted by Crippen LogP contribution is 2.37. The quantitative estimate of drug-likeness (QED) is 0.405. The molecule has 2 heterocycles. The Balaban J connectivity index is 1.67. The molecule has 9 heteroatoms. The molecule has 182 valence electrons. The lowest BCUT2D eigenvalue weighted by Crippen LogP contribution is -2.42. The molecular weight excluding hydrogens is 449 g/mol. The molecule has 2 aromatic heterocycles. The molecule has 0 aliphatic carbocycles. The van der Waals surface area contributed by atoms with Gasteiger partial charge in [0, 0.05) is 18.1 Å². The molecule has 2 amide bonds. The Labute approximate surface area is 201 Å². The molecule has 3 rings (SSSR count). The number of aryl methyl sites for hydroxylation is 1. The molecule has 0 aliphatic heterocycles. The zero-order valence-corrected chi connectivity index (χ0v) is 21.7. The van der Waals surface area contributed by atoms with Gasteiger partial charge in [-0.05, 0) is 54.9 Å². The summed E-state index contributed by atoms with van der Waals surface area (Å²) < 4.78 is 21.6. The van der Waals surface area contributed by atoms with Crippen molar-refractivity contribution >= 4 is 20.0 Å². The number of nitrogens with zero attached hydrogens (tertiary/aromatic N) is 3. The van der Waals surface area contributed by atoms with E-state index in [1.165, 1.54) is 12.1 Å². The van der Waals surface area contributed by atoms with Gasteiger partial charge in [-0.15, -0.1) is 0 Å².